The van der Waals surface area contributed by atoms with Gasteiger partial charge in [0.15, 0.2) is 0 Å². The first-order chi connectivity index (χ1) is 8.68. The minimum atomic E-state index is -0.277. The molecule has 1 heterocycles. The summed E-state index contributed by atoms with van der Waals surface area (Å²) in [6.45, 7) is 0. The van der Waals surface area contributed by atoms with E-state index in [2.05, 4.69) is 17.9 Å². The SMILES string of the molecule is O=C1NC(=O)c2c1ccc(S)c2C1CCCCC1. The molecular formula is C14H15NO2S. The van der Waals surface area contributed by atoms with Gasteiger partial charge in [-0.1, -0.05) is 19.3 Å². The first-order valence-electron chi connectivity index (χ1n) is 6.40. The molecule has 0 atom stereocenters. The number of amides is 2. The molecule has 1 aromatic carbocycles. The van der Waals surface area contributed by atoms with Crippen molar-refractivity contribution in [1.29, 1.82) is 0 Å². The van der Waals surface area contributed by atoms with Crippen LogP contribution >= 0.6 is 12.6 Å². The van der Waals surface area contributed by atoms with Crippen molar-refractivity contribution in [2.75, 3.05) is 0 Å². The van der Waals surface area contributed by atoms with Crippen molar-refractivity contribution in [1.82, 2.24) is 5.32 Å². The molecule has 1 fully saturated rings. The second kappa shape index (κ2) is 4.43. The molecule has 1 N–H and O–H groups in total. The zero-order valence-electron chi connectivity index (χ0n) is 10.0. The predicted molar refractivity (Wildman–Crippen MR) is 71.3 cm³/mol. The summed E-state index contributed by atoms with van der Waals surface area (Å²) >= 11 is 4.49. The van der Waals surface area contributed by atoms with E-state index in [-0.39, 0.29) is 11.8 Å². The third-order valence-electron chi connectivity index (χ3n) is 3.93. The van der Waals surface area contributed by atoms with Crippen molar-refractivity contribution in [3.8, 4) is 0 Å². The first-order valence-corrected chi connectivity index (χ1v) is 6.84. The van der Waals surface area contributed by atoms with Crippen LogP contribution in [0.2, 0.25) is 0 Å². The number of nitrogens with one attached hydrogen (secondary N) is 1. The Balaban J connectivity index is 2.13. The summed E-state index contributed by atoms with van der Waals surface area (Å²) in [7, 11) is 0. The van der Waals surface area contributed by atoms with E-state index >= 15 is 0 Å². The maximum absolute atomic E-state index is 11.9. The van der Waals surface area contributed by atoms with Crippen molar-refractivity contribution < 1.29 is 9.59 Å². The fraction of sp³-hybridized carbons (Fsp3) is 0.429. The highest BCUT2D eigenvalue weighted by molar-refractivity contribution is 7.80. The van der Waals surface area contributed by atoms with Gasteiger partial charge in [-0.15, -0.1) is 12.6 Å². The number of fused-ring (bicyclic) bond motifs is 1. The zero-order chi connectivity index (χ0) is 12.7. The number of carbonyl (C=O) groups is 2. The van der Waals surface area contributed by atoms with Gasteiger partial charge in [-0.3, -0.25) is 14.9 Å². The van der Waals surface area contributed by atoms with Crippen molar-refractivity contribution in [3.05, 3.63) is 28.8 Å². The van der Waals surface area contributed by atoms with E-state index < -0.39 is 0 Å². The van der Waals surface area contributed by atoms with Crippen LogP contribution in [-0.4, -0.2) is 11.8 Å². The molecule has 0 bridgehead atoms. The molecule has 1 aromatic rings. The van der Waals surface area contributed by atoms with Crippen molar-refractivity contribution in [2.45, 2.75) is 42.9 Å². The van der Waals surface area contributed by atoms with E-state index in [0.29, 0.717) is 17.0 Å². The van der Waals surface area contributed by atoms with Crippen LogP contribution in [0.5, 0.6) is 0 Å². The van der Waals surface area contributed by atoms with Crippen LogP contribution in [0.15, 0.2) is 17.0 Å². The molecule has 0 unspecified atom stereocenters. The molecule has 4 heteroatoms. The highest BCUT2D eigenvalue weighted by Gasteiger charge is 2.33. The Hall–Kier alpha value is -1.29. The highest BCUT2D eigenvalue weighted by Crippen LogP contribution is 2.39. The standard InChI is InChI=1S/C14H15NO2S/c16-13-9-6-7-10(18)11(12(9)14(17)15-13)8-4-2-1-3-5-8/h6-8,18H,1-5H2,(H,15,16,17). The average Bonchev–Trinajstić information content (AvgIpc) is 2.66. The lowest BCUT2D eigenvalue weighted by Gasteiger charge is -2.24. The Labute approximate surface area is 111 Å². The van der Waals surface area contributed by atoms with Crippen LogP contribution in [0.1, 0.15) is 64.3 Å². The smallest absolute Gasteiger partial charge is 0.259 e. The normalized spacial score (nSPS) is 19.8. The molecule has 0 saturated heterocycles. The summed E-state index contributed by atoms with van der Waals surface area (Å²) in [6, 6.07) is 3.54. The molecule has 1 aliphatic carbocycles. The Morgan fingerprint density at radius 2 is 1.78 bits per heavy atom. The summed E-state index contributed by atoms with van der Waals surface area (Å²) in [5.41, 5.74) is 2.07. The van der Waals surface area contributed by atoms with Gasteiger partial charge in [0.25, 0.3) is 11.8 Å². The van der Waals surface area contributed by atoms with Gasteiger partial charge in [0, 0.05) is 4.90 Å². The number of carbonyl (C=O) groups excluding carboxylic acids is 2. The second-order valence-corrected chi connectivity index (χ2v) is 5.52. The average molecular weight is 261 g/mol. The van der Waals surface area contributed by atoms with Crippen LogP contribution < -0.4 is 5.32 Å². The van der Waals surface area contributed by atoms with Gasteiger partial charge < -0.3 is 0 Å². The quantitative estimate of drug-likeness (QED) is 0.603. The summed E-state index contributed by atoms with van der Waals surface area (Å²) in [4.78, 5) is 24.4. The Bertz CT molecular complexity index is 533. The number of thiol groups is 1. The third kappa shape index (κ3) is 1.75. The topological polar surface area (TPSA) is 46.2 Å². The van der Waals surface area contributed by atoms with E-state index in [1.807, 2.05) is 6.07 Å². The highest BCUT2D eigenvalue weighted by atomic mass is 32.1. The van der Waals surface area contributed by atoms with Gasteiger partial charge in [0.2, 0.25) is 0 Å². The van der Waals surface area contributed by atoms with Crippen molar-refractivity contribution in [2.24, 2.45) is 0 Å². The Morgan fingerprint density at radius 1 is 1.06 bits per heavy atom. The minimum absolute atomic E-state index is 0.258. The number of benzene rings is 1. The maximum atomic E-state index is 11.9. The summed E-state index contributed by atoms with van der Waals surface area (Å²) in [5.74, 6) is -0.162. The van der Waals surface area contributed by atoms with E-state index in [0.717, 1.165) is 23.3 Å². The molecule has 2 aliphatic rings. The monoisotopic (exact) mass is 261 g/mol. The van der Waals surface area contributed by atoms with E-state index in [1.54, 1.807) is 6.07 Å². The van der Waals surface area contributed by atoms with E-state index in [1.165, 1.54) is 19.3 Å². The molecule has 94 valence electrons. The molecule has 3 rings (SSSR count). The lowest BCUT2D eigenvalue weighted by atomic mass is 9.81. The van der Waals surface area contributed by atoms with E-state index in [9.17, 15) is 9.59 Å². The number of hydrogen-bond acceptors (Lipinski definition) is 3. The Kier molecular flexibility index (Phi) is 2.90. The number of rotatable bonds is 1. The predicted octanol–water partition coefficient (Wildman–Crippen LogP) is 2.91. The summed E-state index contributed by atoms with van der Waals surface area (Å²) < 4.78 is 0. The fourth-order valence-corrected chi connectivity index (χ4v) is 3.45. The molecule has 3 nitrogen and oxygen atoms in total. The van der Waals surface area contributed by atoms with Crippen LogP contribution in [-0.2, 0) is 0 Å². The van der Waals surface area contributed by atoms with E-state index in [4.69, 9.17) is 0 Å². The minimum Gasteiger partial charge on any atom is -0.288 e. The van der Waals surface area contributed by atoms with Crippen LogP contribution in [0, 0.1) is 0 Å². The van der Waals surface area contributed by atoms with Gasteiger partial charge >= 0.3 is 0 Å². The lowest BCUT2D eigenvalue weighted by Crippen LogP contribution is -2.20. The van der Waals surface area contributed by atoms with Crippen molar-refractivity contribution in [3.63, 3.8) is 0 Å². The van der Waals surface area contributed by atoms with Crippen LogP contribution in [0.25, 0.3) is 0 Å². The van der Waals surface area contributed by atoms with Gasteiger partial charge in [-0.25, -0.2) is 0 Å². The first kappa shape index (κ1) is 11.8. The molecule has 1 aliphatic heterocycles. The second-order valence-electron chi connectivity index (χ2n) is 5.04. The lowest BCUT2D eigenvalue weighted by molar-refractivity contribution is 0.0879. The van der Waals surface area contributed by atoms with Crippen LogP contribution in [0.3, 0.4) is 0 Å². The molecule has 1 saturated carbocycles. The molecule has 18 heavy (non-hydrogen) atoms. The van der Waals surface area contributed by atoms with Crippen LogP contribution in [0.4, 0.5) is 0 Å². The fourth-order valence-electron chi connectivity index (χ4n) is 3.08. The number of imide groups is 1. The Morgan fingerprint density at radius 3 is 2.50 bits per heavy atom. The zero-order valence-corrected chi connectivity index (χ0v) is 10.9. The van der Waals surface area contributed by atoms with Gasteiger partial charge in [0.05, 0.1) is 11.1 Å². The third-order valence-corrected chi connectivity index (χ3v) is 4.32. The summed E-state index contributed by atoms with van der Waals surface area (Å²) in [5, 5.41) is 2.38. The molecule has 2 amide bonds. The van der Waals surface area contributed by atoms with Crippen molar-refractivity contribution >= 4 is 24.4 Å². The molecule has 0 spiro atoms. The van der Waals surface area contributed by atoms with Gasteiger partial charge in [-0.05, 0) is 36.5 Å². The summed E-state index contributed by atoms with van der Waals surface area (Å²) in [6.07, 6.45) is 5.82. The maximum Gasteiger partial charge on any atom is 0.259 e. The molecule has 0 radical (unpaired) electrons. The number of hydrogen-bond donors (Lipinski definition) is 2. The molecular weight excluding hydrogens is 246 g/mol. The molecule has 0 aromatic heterocycles. The van der Waals surface area contributed by atoms with Gasteiger partial charge in [-0.2, -0.15) is 0 Å². The van der Waals surface area contributed by atoms with Gasteiger partial charge in [0.1, 0.15) is 0 Å². The largest absolute Gasteiger partial charge is 0.288 e.